The lowest BCUT2D eigenvalue weighted by Gasteiger charge is -2.14. The topological polar surface area (TPSA) is 65.8 Å². The van der Waals surface area contributed by atoms with Crippen molar-refractivity contribution in [3.63, 3.8) is 0 Å². The lowest BCUT2D eigenvalue weighted by atomic mass is 10.2. The van der Waals surface area contributed by atoms with Crippen molar-refractivity contribution >= 4 is 35.0 Å². The van der Waals surface area contributed by atoms with E-state index in [4.69, 9.17) is 11.6 Å². The van der Waals surface area contributed by atoms with Gasteiger partial charge in [0.25, 0.3) is 0 Å². The van der Waals surface area contributed by atoms with Gasteiger partial charge in [-0.2, -0.15) is 5.26 Å². The van der Waals surface area contributed by atoms with E-state index in [1.54, 1.807) is 12.1 Å². The summed E-state index contributed by atoms with van der Waals surface area (Å²) in [5, 5.41) is 13.1. The molecule has 1 aromatic heterocycles. The molecule has 1 heterocycles. The second kappa shape index (κ2) is 7.47. The summed E-state index contributed by atoms with van der Waals surface area (Å²) in [5.74, 6) is -0.137. The first-order chi connectivity index (χ1) is 12.0. The van der Waals surface area contributed by atoms with Gasteiger partial charge in [-0.25, -0.2) is 4.98 Å². The number of halogens is 1. The molecule has 2 aromatic rings. The molecule has 1 unspecified atom stereocenters. The van der Waals surface area contributed by atoms with Crippen LogP contribution < -0.4 is 5.32 Å². The molecule has 3 rings (SSSR count). The highest BCUT2D eigenvalue weighted by molar-refractivity contribution is 8.00. The molecule has 1 aliphatic rings. The maximum Gasteiger partial charge on any atom is 0.237 e. The number of carbonyl (C=O) groups is 1. The molecule has 0 bridgehead atoms. The van der Waals surface area contributed by atoms with Crippen LogP contribution in [0.2, 0.25) is 5.02 Å². The lowest BCUT2D eigenvalue weighted by Crippen LogP contribution is -2.23. The summed E-state index contributed by atoms with van der Waals surface area (Å²) in [6, 6.07) is 9.52. The minimum Gasteiger partial charge on any atom is -0.325 e. The number of aryl methyl sites for hydroxylation is 3. The van der Waals surface area contributed by atoms with Gasteiger partial charge in [0.05, 0.1) is 10.8 Å². The van der Waals surface area contributed by atoms with Crippen LogP contribution in [0.5, 0.6) is 0 Å². The van der Waals surface area contributed by atoms with Crippen LogP contribution in [0.25, 0.3) is 0 Å². The third-order valence-corrected chi connectivity index (χ3v) is 5.59. The van der Waals surface area contributed by atoms with Crippen LogP contribution in [-0.2, 0) is 17.6 Å². The quantitative estimate of drug-likeness (QED) is 0.802. The van der Waals surface area contributed by atoms with Crippen LogP contribution in [0.3, 0.4) is 0 Å². The van der Waals surface area contributed by atoms with E-state index >= 15 is 0 Å². The zero-order chi connectivity index (χ0) is 18.0. The minimum absolute atomic E-state index is 0.137. The second-order valence-corrected chi connectivity index (χ2v) is 7.89. The summed E-state index contributed by atoms with van der Waals surface area (Å²) in [7, 11) is 0. The number of pyridine rings is 1. The van der Waals surface area contributed by atoms with Gasteiger partial charge < -0.3 is 5.32 Å². The highest BCUT2D eigenvalue weighted by Crippen LogP contribution is 2.31. The number of hydrogen-bond acceptors (Lipinski definition) is 4. The molecule has 1 aromatic carbocycles. The normalized spacial score (nSPS) is 13.8. The number of fused-ring (bicyclic) bond motifs is 1. The Balaban J connectivity index is 1.76. The lowest BCUT2D eigenvalue weighted by molar-refractivity contribution is -0.115. The first-order valence-corrected chi connectivity index (χ1v) is 9.40. The van der Waals surface area contributed by atoms with Gasteiger partial charge in [-0.3, -0.25) is 4.79 Å². The van der Waals surface area contributed by atoms with Crippen molar-refractivity contribution < 1.29 is 4.79 Å². The van der Waals surface area contributed by atoms with E-state index < -0.39 is 0 Å². The van der Waals surface area contributed by atoms with Crippen LogP contribution in [0.4, 0.5) is 5.69 Å². The van der Waals surface area contributed by atoms with Gasteiger partial charge in [-0.15, -0.1) is 0 Å². The Morgan fingerprint density at radius 2 is 2.20 bits per heavy atom. The van der Waals surface area contributed by atoms with Crippen molar-refractivity contribution in [2.45, 2.75) is 43.4 Å². The molecule has 1 N–H and O–H groups in total. The van der Waals surface area contributed by atoms with Gasteiger partial charge >= 0.3 is 0 Å². The van der Waals surface area contributed by atoms with E-state index in [1.807, 2.05) is 26.0 Å². The van der Waals surface area contributed by atoms with Crippen molar-refractivity contribution in [3.05, 3.63) is 51.7 Å². The van der Waals surface area contributed by atoms with Crippen molar-refractivity contribution in [2.75, 3.05) is 5.32 Å². The van der Waals surface area contributed by atoms with Gasteiger partial charge in [0.2, 0.25) is 5.91 Å². The minimum atomic E-state index is -0.377. The molecule has 0 radical (unpaired) electrons. The Kier molecular flexibility index (Phi) is 5.31. The summed E-state index contributed by atoms with van der Waals surface area (Å²) in [6.07, 6.45) is 2.99. The number of benzene rings is 1. The highest BCUT2D eigenvalue weighted by atomic mass is 35.5. The summed E-state index contributed by atoms with van der Waals surface area (Å²) in [6.45, 7) is 3.73. The Bertz CT molecular complexity index is 876. The van der Waals surface area contributed by atoms with Gasteiger partial charge in [-0.1, -0.05) is 29.4 Å². The number of nitrogens with zero attached hydrogens (tertiary/aromatic N) is 2. The largest absolute Gasteiger partial charge is 0.325 e. The van der Waals surface area contributed by atoms with E-state index in [0.29, 0.717) is 21.3 Å². The summed E-state index contributed by atoms with van der Waals surface area (Å²) >= 11 is 7.32. The monoisotopic (exact) mass is 371 g/mol. The zero-order valence-corrected chi connectivity index (χ0v) is 15.7. The SMILES string of the molecule is Cc1ccc(Cl)cc1NC(=O)C(C)Sc1nc2c(cc1C#N)CCC2. The average molecular weight is 372 g/mol. The third-order valence-electron chi connectivity index (χ3n) is 4.25. The molecule has 6 heteroatoms. The van der Waals surface area contributed by atoms with Crippen molar-refractivity contribution in [2.24, 2.45) is 0 Å². The van der Waals surface area contributed by atoms with Gasteiger partial charge in [0.1, 0.15) is 11.1 Å². The summed E-state index contributed by atoms with van der Waals surface area (Å²) in [5.41, 5.74) is 4.41. The molecule has 1 aliphatic carbocycles. The van der Waals surface area contributed by atoms with Crippen molar-refractivity contribution in [1.29, 1.82) is 5.26 Å². The number of nitrogens with one attached hydrogen (secondary N) is 1. The predicted molar refractivity (Wildman–Crippen MR) is 101 cm³/mol. The summed E-state index contributed by atoms with van der Waals surface area (Å²) < 4.78 is 0. The van der Waals surface area contributed by atoms with E-state index in [9.17, 15) is 10.1 Å². The fraction of sp³-hybridized carbons (Fsp3) is 0.316. The number of aromatic nitrogens is 1. The highest BCUT2D eigenvalue weighted by Gasteiger charge is 2.21. The molecule has 4 nitrogen and oxygen atoms in total. The molecule has 0 saturated heterocycles. The van der Waals surface area contributed by atoms with Gasteiger partial charge in [0, 0.05) is 16.4 Å². The number of anilines is 1. The second-order valence-electron chi connectivity index (χ2n) is 6.12. The maximum absolute atomic E-state index is 12.5. The first kappa shape index (κ1) is 17.8. The number of hydrogen-bond donors (Lipinski definition) is 1. The van der Waals surface area contributed by atoms with E-state index in [0.717, 1.165) is 36.1 Å². The molecule has 0 saturated carbocycles. The van der Waals surface area contributed by atoms with Crippen molar-refractivity contribution in [3.8, 4) is 6.07 Å². The smallest absolute Gasteiger partial charge is 0.237 e. The number of thioether (sulfide) groups is 1. The Labute approximate surface area is 156 Å². The Morgan fingerprint density at radius 1 is 1.40 bits per heavy atom. The molecular weight excluding hydrogens is 354 g/mol. The van der Waals surface area contributed by atoms with Crippen LogP contribution in [0.1, 0.15) is 35.7 Å². The average Bonchev–Trinajstić information content (AvgIpc) is 3.04. The standard InChI is InChI=1S/C19H18ClN3OS/c1-11-6-7-15(20)9-17(11)22-18(24)12(2)25-19-14(10-21)8-13-4-3-5-16(13)23-19/h6-9,12H,3-5H2,1-2H3,(H,22,24). The molecular formula is C19H18ClN3OS. The molecule has 0 spiro atoms. The van der Waals surface area contributed by atoms with Crippen LogP contribution in [0, 0.1) is 18.3 Å². The van der Waals surface area contributed by atoms with Crippen LogP contribution in [-0.4, -0.2) is 16.1 Å². The number of nitriles is 1. The zero-order valence-electron chi connectivity index (χ0n) is 14.1. The first-order valence-electron chi connectivity index (χ1n) is 8.14. The fourth-order valence-electron chi connectivity index (χ4n) is 2.81. The molecule has 0 fully saturated rings. The van der Waals surface area contributed by atoms with E-state index in [2.05, 4.69) is 16.4 Å². The molecule has 25 heavy (non-hydrogen) atoms. The number of amides is 1. The Morgan fingerprint density at radius 3 is 2.96 bits per heavy atom. The Hall–Kier alpha value is -2.03. The van der Waals surface area contributed by atoms with Crippen molar-refractivity contribution in [1.82, 2.24) is 4.98 Å². The molecule has 0 aliphatic heterocycles. The molecule has 128 valence electrons. The maximum atomic E-state index is 12.5. The molecule has 1 amide bonds. The number of carbonyl (C=O) groups excluding carboxylic acids is 1. The van der Waals surface area contributed by atoms with Gasteiger partial charge in [-0.05, 0) is 62.4 Å². The predicted octanol–water partition coefficient (Wildman–Crippen LogP) is 4.52. The van der Waals surface area contributed by atoms with E-state index in [-0.39, 0.29) is 11.2 Å². The van der Waals surface area contributed by atoms with Crippen LogP contribution in [0.15, 0.2) is 29.3 Å². The van der Waals surface area contributed by atoms with Crippen LogP contribution >= 0.6 is 23.4 Å². The third kappa shape index (κ3) is 3.97. The summed E-state index contributed by atoms with van der Waals surface area (Å²) in [4.78, 5) is 17.2. The van der Waals surface area contributed by atoms with Gasteiger partial charge in [0.15, 0.2) is 0 Å². The molecule has 1 atom stereocenters. The fourth-order valence-corrected chi connectivity index (χ4v) is 3.87. The van der Waals surface area contributed by atoms with E-state index in [1.165, 1.54) is 11.8 Å². The number of rotatable bonds is 4.